The molecule has 2 amide bonds. The number of nitrogens with zero attached hydrogens (tertiary/aromatic N) is 2. The Morgan fingerprint density at radius 1 is 1.43 bits per heavy atom. The summed E-state index contributed by atoms with van der Waals surface area (Å²) in [5.41, 5.74) is 2.19. The lowest BCUT2D eigenvalue weighted by Crippen LogP contribution is -2.47. The molecule has 1 N–H and O–H groups in total. The summed E-state index contributed by atoms with van der Waals surface area (Å²) in [5, 5.41) is 9.30. The molecule has 0 radical (unpaired) electrons. The van der Waals surface area contributed by atoms with E-state index in [0.717, 1.165) is 17.5 Å². The van der Waals surface area contributed by atoms with Crippen molar-refractivity contribution in [3.05, 3.63) is 35.4 Å². The average Bonchev–Trinajstić information content (AvgIpc) is 2.79. The Hall–Kier alpha value is -2.04. The van der Waals surface area contributed by atoms with Crippen molar-refractivity contribution in [2.24, 2.45) is 5.92 Å². The fourth-order valence-electron chi connectivity index (χ4n) is 2.91. The van der Waals surface area contributed by atoms with Gasteiger partial charge in [0.05, 0.1) is 0 Å². The molecule has 5 heteroatoms. The van der Waals surface area contributed by atoms with Gasteiger partial charge in [0.15, 0.2) is 0 Å². The van der Waals surface area contributed by atoms with E-state index in [9.17, 15) is 14.7 Å². The lowest BCUT2D eigenvalue weighted by atomic mass is 10.0. The normalized spacial score (nSPS) is 21.4. The number of amides is 2. The van der Waals surface area contributed by atoms with Crippen molar-refractivity contribution in [2.45, 2.75) is 32.9 Å². The zero-order chi connectivity index (χ0) is 15.6. The van der Waals surface area contributed by atoms with Crippen LogP contribution in [0.3, 0.4) is 0 Å². The fraction of sp³-hybridized carbons (Fsp3) is 0.500. The summed E-state index contributed by atoms with van der Waals surface area (Å²) >= 11 is 0. The number of carboxylic acid groups (broad SMARTS) is 1. The van der Waals surface area contributed by atoms with Crippen LogP contribution in [0.15, 0.2) is 24.3 Å². The molecule has 114 valence electrons. The standard InChI is InChI=1S/C16H22N2O3/c1-11-5-4-6-13(9-11)10-17(3)16(21)18-8-7-12(2)14(18)15(19)20/h4-6,9,12,14H,7-8,10H2,1-3H3,(H,19,20). The van der Waals surface area contributed by atoms with Crippen LogP contribution in [0.2, 0.25) is 0 Å². The van der Waals surface area contributed by atoms with Crippen molar-refractivity contribution in [3.8, 4) is 0 Å². The first-order valence-electron chi connectivity index (χ1n) is 7.20. The summed E-state index contributed by atoms with van der Waals surface area (Å²) < 4.78 is 0. The predicted octanol–water partition coefficient (Wildman–Crippen LogP) is 2.34. The van der Waals surface area contributed by atoms with Crippen LogP contribution in [0.5, 0.6) is 0 Å². The minimum absolute atomic E-state index is 0.00109. The number of likely N-dealkylation sites (tertiary alicyclic amines) is 1. The third kappa shape index (κ3) is 3.35. The van der Waals surface area contributed by atoms with Gasteiger partial charge in [-0.2, -0.15) is 0 Å². The molecule has 0 aromatic heterocycles. The minimum atomic E-state index is -0.919. The van der Waals surface area contributed by atoms with E-state index in [1.807, 2.05) is 38.1 Å². The average molecular weight is 290 g/mol. The molecular formula is C16H22N2O3. The molecule has 1 saturated heterocycles. The number of hydrogen-bond donors (Lipinski definition) is 1. The Kier molecular flexibility index (Phi) is 4.50. The van der Waals surface area contributed by atoms with Crippen LogP contribution in [0.4, 0.5) is 4.79 Å². The van der Waals surface area contributed by atoms with Gasteiger partial charge in [0.2, 0.25) is 0 Å². The van der Waals surface area contributed by atoms with Gasteiger partial charge >= 0.3 is 12.0 Å². The van der Waals surface area contributed by atoms with Gasteiger partial charge in [-0.25, -0.2) is 9.59 Å². The number of aryl methyl sites for hydroxylation is 1. The second kappa shape index (κ2) is 6.16. The number of hydrogen-bond acceptors (Lipinski definition) is 2. The molecule has 1 aromatic carbocycles. The van der Waals surface area contributed by atoms with Crippen LogP contribution in [-0.2, 0) is 11.3 Å². The maximum Gasteiger partial charge on any atom is 0.326 e. The maximum atomic E-state index is 12.5. The first kappa shape index (κ1) is 15.4. The summed E-state index contributed by atoms with van der Waals surface area (Å²) in [5.74, 6) is -0.920. The van der Waals surface area contributed by atoms with E-state index >= 15 is 0 Å². The second-order valence-corrected chi connectivity index (χ2v) is 5.87. The quantitative estimate of drug-likeness (QED) is 0.929. The van der Waals surface area contributed by atoms with Gasteiger partial charge in [0.25, 0.3) is 0 Å². The van der Waals surface area contributed by atoms with Gasteiger partial charge in [-0.05, 0) is 24.8 Å². The summed E-state index contributed by atoms with van der Waals surface area (Å²) in [6.45, 7) is 4.88. The number of aliphatic carboxylic acids is 1. The zero-order valence-corrected chi connectivity index (χ0v) is 12.7. The van der Waals surface area contributed by atoms with Crippen LogP contribution in [0, 0.1) is 12.8 Å². The van der Waals surface area contributed by atoms with E-state index in [-0.39, 0.29) is 11.9 Å². The van der Waals surface area contributed by atoms with E-state index in [2.05, 4.69) is 0 Å². The highest BCUT2D eigenvalue weighted by Gasteiger charge is 2.40. The Bertz CT molecular complexity index is 544. The monoisotopic (exact) mass is 290 g/mol. The first-order valence-corrected chi connectivity index (χ1v) is 7.20. The fourth-order valence-corrected chi connectivity index (χ4v) is 2.91. The van der Waals surface area contributed by atoms with Gasteiger partial charge in [0, 0.05) is 20.1 Å². The molecule has 1 aliphatic rings. The van der Waals surface area contributed by atoms with E-state index in [1.165, 1.54) is 4.90 Å². The Morgan fingerprint density at radius 3 is 2.76 bits per heavy atom. The van der Waals surface area contributed by atoms with E-state index in [0.29, 0.717) is 13.1 Å². The van der Waals surface area contributed by atoms with Crippen molar-refractivity contribution in [1.82, 2.24) is 9.80 Å². The Labute approximate surface area is 125 Å². The van der Waals surface area contributed by atoms with Gasteiger partial charge in [-0.1, -0.05) is 36.8 Å². The van der Waals surface area contributed by atoms with E-state index < -0.39 is 12.0 Å². The molecule has 0 aliphatic carbocycles. The van der Waals surface area contributed by atoms with Gasteiger partial charge < -0.3 is 14.9 Å². The molecule has 1 aromatic rings. The summed E-state index contributed by atoms with van der Waals surface area (Å²) in [4.78, 5) is 26.9. The third-order valence-electron chi connectivity index (χ3n) is 4.03. The van der Waals surface area contributed by atoms with E-state index in [4.69, 9.17) is 0 Å². The Balaban J connectivity index is 2.07. The molecular weight excluding hydrogens is 268 g/mol. The van der Waals surface area contributed by atoms with Gasteiger partial charge in [-0.3, -0.25) is 0 Å². The lowest BCUT2D eigenvalue weighted by Gasteiger charge is -2.28. The molecule has 21 heavy (non-hydrogen) atoms. The van der Waals surface area contributed by atoms with Crippen LogP contribution in [0.1, 0.15) is 24.5 Å². The largest absolute Gasteiger partial charge is 0.480 e. The van der Waals surface area contributed by atoms with Crippen molar-refractivity contribution < 1.29 is 14.7 Å². The number of carboxylic acids is 1. The third-order valence-corrected chi connectivity index (χ3v) is 4.03. The summed E-state index contributed by atoms with van der Waals surface area (Å²) in [6.07, 6.45) is 0.737. The number of carbonyl (C=O) groups excluding carboxylic acids is 1. The molecule has 0 saturated carbocycles. The Morgan fingerprint density at radius 2 is 2.14 bits per heavy atom. The maximum absolute atomic E-state index is 12.5. The lowest BCUT2D eigenvalue weighted by molar-refractivity contribution is -0.142. The van der Waals surface area contributed by atoms with Crippen LogP contribution in [-0.4, -0.2) is 46.5 Å². The topological polar surface area (TPSA) is 60.9 Å². The highest BCUT2D eigenvalue weighted by Crippen LogP contribution is 2.25. The van der Waals surface area contributed by atoms with Gasteiger partial charge in [-0.15, -0.1) is 0 Å². The number of benzene rings is 1. The molecule has 1 heterocycles. The second-order valence-electron chi connectivity index (χ2n) is 5.87. The van der Waals surface area contributed by atoms with Crippen molar-refractivity contribution >= 4 is 12.0 Å². The molecule has 5 nitrogen and oxygen atoms in total. The van der Waals surface area contributed by atoms with Crippen LogP contribution < -0.4 is 0 Å². The SMILES string of the molecule is Cc1cccc(CN(C)C(=O)N2CCC(C)C2C(=O)O)c1. The minimum Gasteiger partial charge on any atom is -0.480 e. The molecule has 0 spiro atoms. The van der Waals surface area contributed by atoms with Crippen molar-refractivity contribution in [2.75, 3.05) is 13.6 Å². The number of carbonyl (C=O) groups is 2. The van der Waals surface area contributed by atoms with Crippen molar-refractivity contribution in [3.63, 3.8) is 0 Å². The van der Waals surface area contributed by atoms with Gasteiger partial charge in [0.1, 0.15) is 6.04 Å². The highest BCUT2D eigenvalue weighted by atomic mass is 16.4. The molecule has 1 aliphatic heterocycles. The molecule has 1 fully saturated rings. The van der Waals surface area contributed by atoms with Crippen LogP contribution >= 0.6 is 0 Å². The molecule has 2 unspecified atom stereocenters. The zero-order valence-electron chi connectivity index (χ0n) is 12.7. The molecule has 2 atom stereocenters. The number of rotatable bonds is 3. The molecule has 0 bridgehead atoms. The first-order chi connectivity index (χ1) is 9.90. The molecule has 2 rings (SSSR count). The van der Waals surface area contributed by atoms with Crippen LogP contribution in [0.25, 0.3) is 0 Å². The predicted molar refractivity (Wildman–Crippen MR) is 80.0 cm³/mol. The van der Waals surface area contributed by atoms with E-state index in [1.54, 1.807) is 11.9 Å². The summed E-state index contributed by atoms with van der Waals surface area (Å²) in [7, 11) is 1.71. The summed E-state index contributed by atoms with van der Waals surface area (Å²) in [6, 6.07) is 7.04. The highest BCUT2D eigenvalue weighted by molar-refractivity contribution is 5.83. The van der Waals surface area contributed by atoms with Crippen molar-refractivity contribution in [1.29, 1.82) is 0 Å². The smallest absolute Gasteiger partial charge is 0.326 e. The number of urea groups is 1.